The Morgan fingerprint density at radius 1 is 1.43 bits per heavy atom. The summed E-state index contributed by atoms with van der Waals surface area (Å²) in [4.78, 5) is 25.1. The minimum absolute atomic E-state index is 0.0480. The number of fused-ring (bicyclic) bond motifs is 2. The van der Waals surface area contributed by atoms with Crippen molar-refractivity contribution in [2.45, 2.75) is 12.3 Å². The molecule has 116 valence electrons. The van der Waals surface area contributed by atoms with Crippen LogP contribution in [-0.2, 0) is 24.5 Å². The highest BCUT2D eigenvalue weighted by molar-refractivity contribution is 6.18. The lowest BCUT2D eigenvalue weighted by molar-refractivity contribution is -0.122. The topological polar surface area (TPSA) is 114 Å². The lowest BCUT2D eigenvalue weighted by Crippen LogP contribution is -2.45. The Kier molecular flexibility index (Phi) is 3.11. The Labute approximate surface area is 132 Å². The summed E-state index contributed by atoms with van der Waals surface area (Å²) in [6, 6.07) is 8.72. The number of carbonyl (C=O) groups excluding carboxylic acids is 2. The second-order valence-electron chi connectivity index (χ2n) is 5.13. The summed E-state index contributed by atoms with van der Waals surface area (Å²) in [5.41, 5.74) is 4.95. The van der Waals surface area contributed by atoms with Gasteiger partial charge in [0.15, 0.2) is 11.2 Å². The molecule has 3 rings (SSSR count). The summed E-state index contributed by atoms with van der Waals surface area (Å²) >= 11 is 0. The zero-order chi connectivity index (χ0) is 16.8. The van der Waals surface area contributed by atoms with Gasteiger partial charge in [0.25, 0.3) is 5.95 Å². The Hall–Kier alpha value is -3.27. The number of nitrogens with two attached hydrogens (primary N) is 1. The molecule has 2 aliphatic rings. The molecule has 0 bridgehead atoms. The van der Waals surface area contributed by atoms with Crippen LogP contribution in [0.3, 0.4) is 0 Å². The van der Waals surface area contributed by atoms with Gasteiger partial charge in [0, 0.05) is 11.3 Å². The van der Waals surface area contributed by atoms with E-state index in [0.717, 1.165) is 0 Å². The van der Waals surface area contributed by atoms with Gasteiger partial charge in [-0.1, -0.05) is 18.2 Å². The number of anilines is 1. The fourth-order valence-corrected chi connectivity index (χ4v) is 3.11. The van der Waals surface area contributed by atoms with Gasteiger partial charge in [-0.25, -0.2) is 0 Å². The van der Waals surface area contributed by atoms with Crippen LogP contribution in [0.2, 0.25) is 0 Å². The van der Waals surface area contributed by atoms with Crippen LogP contribution in [0.15, 0.2) is 47.2 Å². The second-order valence-corrected chi connectivity index (χ2v) is 5.13. The normalized spacial score (nSPS) is 22.4. The molecule has 0 aromatic heterocycles. The quantitative estimate of drug-likeness (QED) is 0.843. The number of ketones is 1. The van der Waals surface area contributed by atoms with Crippen LogP contribution in [0.5, 0.6) is 0 Å². The van der Waals surface area contributed by atoms with Gasteiger partial charge in [-0.05, 0) is 13.0 Å². The van der Waals surface area contributed by atoms with Gasteiger partial charge in [0.1, 0.15) is 17.2 Å². The molecule has 7 heteroatoms. The minimum Gasteiger partial charge on any atom is -0.468 e. The number of hydrogen-bond acceptors (Lipinski definition) is 6. The molecule has 0 fully saturated rings. The Balaban J connectivity index is 2.47. The van der Waals surface area contributed by atoms with Crippen molar-refractivity contribution in [3.8, 4) is 6.07 Å². The molecule has 0 unspecified atom stereocenters. The molecule has 3 N–H and O–H groups in total. The minimum atomic E-state index is -1.66. The highest BCUT2D eigenvalue weighted by Gasteiger charge is 2.59. The summed E-state index contributed by atoms with van der Waals surface area (Å²) in [7, 11) is 1.30. The average Bonchev–Trinajstić information content (AvgIpc) is 2.80. The first kappa shape index (κ1) is 14.7. The molecule has 0 saturated heterocycles. The van der Waals surface area contributed by atoms with Crippen molar-refractivity contribution in [2.75, 3.05) is 12.4 Å². The predicted molar refractivity (Wildman–Crippen MR) is 79.4 cm³/mol. The van der Waals surface area contributed by atoms with Gasteiger partial charge in [-0.2, -0.15) is 5.26 Å². The number of ether oxygens (including phenoxy) is 2. The number of nitrogens with one attached hydrogen (secondary N) is 1. The van der Waals surface area contributed by atoms with E-state index in [0.29, 0.717) is 11.3 Å². The predicted octanol–water partition coefficient (Wildman–Crippen LogP) is 1.05. The van der Waals surface area contributed by atoms with Crippen molar-refractivity contribution in [1.82, 2.24) is 0 Å². The van der Waals surface area contributed by atoms with E-state index >= 15 is 0 Å². The molecule has 23 heavy (non-hydrogen) atoms. The number of para-hydroxylation sites is 1. The highest BCUT2D eigenvalue weighted by atomic mass is 16.7. The third-order valence-corrected chi connectivity index (χ3v) is 3.97. The summed E-state index contributed by atoms with van der Waals surface area (Å²) in [5.74, 6) is -1.43. The summed E-state index contributed by atoms with van der Waals surface area (Å²) in [6.45, 7) is 1.28. The molecule has 0 radical (unpaired) electrons. The summed E-state index contributed by atoms with van der Waals surface area (Å²) < 4.78 is 10.4. The first-order valence-electron chi connectivity index (χ1n) is 6.77. The van der Waals surface area contributed by atoms with Crippen LogP contribution in [0.25, 0.3) is 0 Å². The molecule has 2 heterocycles. The van der Waals surface area contributed by atoms with Crippen molar-refractivity contribution in [2.24, 2.45) is 5.73 Å². The van der Waals surface area contributed by atoms with Crippen molar-refractivity contribution in [1.29, 1.82) is 5.26 Å². The molecular formula is C16H13N3O4. The number of methoxy groups -OCH3 is 1. The number of Topliss-reactive ketones (excluding diaryl/α,β-unsaturated/α-hetero) is 1. The van der Waals surface area contributed by atoms with Gasteiger partial charge in [0.05, 0.1) is 7.11 Å². The lowest BCUT2D eigenvalue weighted by atomic mass is 9.68. The largest absolute Gasteiger partial charge is 0.468 e. The van der Waals surface area contributed by atoms with E-state index in [4.69, 9.17) is 15.2 Å². The van der Waals surface area contributed by atoms with Crippen LogP contribution in [-0.4, -0.2) is 18.8 Å². The van der Waals surface area contributed by atoms with E-state index in [2.05, 4.69) is 5.32 Å². The van der Waals surface area contributed by atoms with Crippen LogP contribution < -0.4 is 11.1 Å². The molecule has 1 aromatic carbocycles. The fourth-order valence-electron chi connectivity index (χ4n) is 3.11. The number of rotatable bonds is 2. The van der Waals surface area contributed by atoms with Gasteiger partial charge in [-0.15, -0.1) is 0 Å². The van der Waals surface area contributed by atoms with E-state index in [1.807, 2.05) is 6.07 Å². The van der Waals surface area contributed by atoms with Crippen LogP contribution in [0.4, 0.5) is 5.69 Å². The van der Waals surface area contributed by atoms with E-state index in [-0.39, 0.29) is 23.0 Å². The van der Waals surface area contributed by atoms with Crippen molar-refractivity contribution in [3.63, 3.8) is 0 Å². The Bertz CT molecular complexity index is 847. The SMILES string of the molecule is COC1=C(C(C)=O)[C@@]2(C(=O)Nc3ccccc32)C(C#N)=C(N)O1. The maximum absolute atomic E-state index is 12.8. The molecule has 0 saturated carbocycles. The fraction of sp³-hybridized carbons (Fsp3) is 0.188. The van der Waals surface area contributed by atoms with Gasteiger partial charge in [-0.3, -0.25) is 9.59 Å². The van der Waals surface area contributed by atoms with E-state index in [9.17, 15) is 14.9 Å². The number of carbonyl (C=O) groups is 2. The monoisotopic (exact) mass is 311 g/mol. The summed E-state index contributed by atoms with van der Waals surface area (Å²) in [5, 5.41) is 12.3. The maximum atomic E-state index is 12.8. The molecule has 1 atom stereocenters. The third kappa shape index (κ3) is 1.69. The Morgan fingerprint density at radius 2 is 2.13 bits per heavy atom. The lowest BCUT2D eigenvalue weighted by Gasteiger charge is -2.33. The maximum Gasteiger partial charge on any atom is 0.294 e. The average molecular weight is 311 g/mol. The van der Waals surface area contributed by atoms with E-state index < -0.39 is 17.1 Å². The molecule has 2 aliphatic heterocycles. The molecule has 1 amide bonds. The zero-order valence-corrected chi connectivity index (χ0v) is 12.5. The molecular weight excluding hydrogens is 298 g/mol. The number of benzene rings is 1. The molecule has 1 spiro atoms. The third-order valence-electron chi connectivity index (χ3n) is 3.97. The second kappa shape index (κ2) is 4.88. The first-order chi connectivity index (χ1) is 11.0. The van der Waals surface area contributed by atoms with Crippen molar-refractivity contribution in [3.05, 3.63) is 52.8 Å². The van der Waals surface area contributed by atoms with Gasteiger partial charge in [0.2, 0.25) is 11.8 Å². The zero-order valence-electron chi connectivity index (χ0n) is 12.5. The van der Waals surface area contributed by atoms with Crippen LogP contribution >= 0.6 is 0 Å². The van der Waals surface area contributed by atoms with Crippen LogP contribution in [0.1, 0.15) is 12.5 Å². The molecule has 7 nitrogen and oxygen atoms in total. The highest BCUT2D eigenvalue weighted by Crippen LogP contribution is 2.51. The van der Waals surface area contributed by atoms with Gasteiger partial charge >= 0.3 is 0 Å². The standard InChI is InChI=1S/C16H13N3O4/c1-8(20)12-14(22-2)23-13(18)10(7-17)16(12)9-5-3-4-6-11(9)19-15(16)21/h3-6H,18H2,1-2H3,(H,19,21)/t16-/m0/s1. The number of nitrogens with zero attached hydrogens (tertiary/aromatic N) is 1. The number of nitriles is 1. The van der Waals surface area contributed by atoms with Crippen molar-refractivity contribution >= 4 is 17.4 Å². The van der Waals surface area contributed by atoms with Crippen molar-refractivity contribution < 1.29 is 19.1 Å². The first-order valence-corrected chi connectivity index (χ1v) is 6.77. The Morgan fingerprint density at radius 3 is 2.74 bits per heavy atom. The van der Waals surface area contributed by atoms with Gasteiger partial charge < -0.3 is 20.5 Å². The number of hydrogen-bond donors (Lipinski definition) is 2. The van der Waals surface area contributed by atoms with Crippen LogP contribution in [0, 0.1) is 11.3 Å². The van der Waals surface area contributed by atoms with E-state index in [1.54, 1.807) is 24.3 Å². The summed E-state index contributed by atoms with van der Waals surface area (Å²) in [6.07, 6.45) is 0. The molecule has 0 aliphatic carbocycles. The van der Waals surface area contributed by atoms with E-state index in [1.165, 1.54) is 14.0 Å². The number of amides is 1. The molecule has 1 aromatic rings. The smallest absolute Gasteiger partial charge is 0.294 e.